The number of carbonyl (C=O) groups is 1. The summed E-state index contributed by atoms with van der Waals surface area (Å²) < 4.78 is 0. The van der Waals surface area contributed by atoms with E-state index in [0.717, 1.165) is 12.8 Å². The van der Waals surface area contributed by atoms with Gasteiger partial charge in [0.2, 0.25) is 5.91 Å². The quantitative estimate of drug-likeness (QED) is 0.561. The van der Waals surface area contributed by atoms with Crippen LogP contribution in [-0.4, -0.2) is 18.5 Å². The summed E-state index contributed by atoms with van der Waals surface area (Å²) in [6.45, 7) is 4.01. The van der Waals surface area contributed by atoms with Crippen LogP contribution < -0.4 is 11.1 Å². The maximum atomic E-state index is 11.1. The average Bonchev–Trinajstić information content (AvgIpc) is 2.81. The molecule has 11 heavy (non-hydrogen) atoms. The van der Waals surface area contributed by atoms with Gasteiger partial charge in [-0.1, -0.05) is 6.08 Å². The Balaban J connectivity index is 2.21. The third-order valence-electron chi connectivity index (χ3n) is 1.85. The molecular weight excluding hydrogens is 140 g/mol. The minimum absolute atomic E-state index is 0.0487. The molecule has 1 atom stereocenters. The standard InChI is InChI=1S/C8H14N2O/c1-2-5-10-8(11)7(9)6-3-4-6/h2,6-7H,1,3-5,9H2,(H,10,11). The van der Waals surface area contributed by atoms with Gasteiger partial charge in [0.05, 0.1) is 6.04 Å². The summed E-state index contributed by atoms with van der Waals surface area (Å²) in [5.41, 5.74) is 5.62. The highest BCUT2D eigenvalue weighted by molar-refractivity contribution is 5.82. The lowest BCUT2D eigenvalue weighted by molar-refractivity contribution is -0.122. The number of carbonyl (C=O) groups excluding carboxylic acids is 1. The molecule has 0 bridgehead atoms. The molecule has 3 heteroatoms. The number of nitrogens with two attached hydrogens (primary N) is 1. The van der Waals surface area contributed by atoms with Crippen molar-refractivity contribution in [2.24, 2.45) is 11.7 Å². The van der Waals surface area contributed by atoms with Crippen LogP contribution in [0.15, 0.2) is 12.7 Å². The van der Waals surface area contributed by atoms with Crippen LogP contribution in [0.25, 0.3) is 0 Å². The van der Waals surface area contributed by atoms with Crippen LogP contribution in [0, 0.1) is 5.92 Å². The van der Waals surface area contributed by atoms with E-state index in [-0.39, 0.29) is 11.9 Å². The van der Waals surface area contributed by atoms with E-state index >= 15 is 0 Å². The van der Waals surface area contributed by atoms with Crippen LogP contribution in [0.4, 0.5) is 0 Å². The first-order valence-electron chi connectivity index (χ1n) is 3.90. The fourth-order valence-corrected chi connectivity index (χ4v) is 0.960. The Hall–Kier alpha value is -0.830. The van der Waals surface area contributed by atoms with Crippen molar-refractivity contribution < 1.29 is 4.79 Å². The van der Waals surface area contributed by atoms with Gasteiger partial charge >= 0.3 is 0 Å². The van der Waals surface area contributed by atoms with Crippen LogP contribution in [0.5, 0.6) is 0 Å². The predicted octanol–water partition coefficient (Wildman–Crippen LogP) is 0.0259. The summed E-state index contributed by atoms with van der Waals surface area (Å²) >= 11 is 0. The Labute approximate surface area is 66.6 Å². The second kappa shape index (κ2) is 3.53. The lowest BCUT2D eigenvalue weighted by Gasteiger charge is -2.08. The van der Waals surface area contributed by atoms with Gasteiger partial charge < -0.3 is 11.1 Å². The molecular formula is C8H14N2O. The molecule has 0 aromatic heterocycles. The van der Waals surface area contributed by atoms with Gasteiger partial charge in [0, 0.05) is 6.54 Å². The molecule has 1 amide bonds. The predicted molar refractivity (Wildman–Crippen MR) is 43.9 cm³/mol. The second-order valence-electron chi connectivity index (χ2n) is 2.90. The highest BCUT2D eigenvalue weighted by Crippen LogP contribution is 2.31. The van der Waals surface area contributed by atoms with E-state index in [0.29, 0.717) is 12.5 Å². The van der Waals surface area contributed by atoms with Gasteiger partial charge in [-0.05, 0) is 18.8 Å². The number of amides is 1. The second-order valence-corrected chi connectivity index (χ2v) is 2.90. The van der Waals surface area contributed by atoms with Gasteiger partial charge in [-0.3, -0.25) is 4.79 Å². The molecule has 1 rings (SSSR count). The Morgan fingerprint density at radius 3 is 2.91 bits per heavy atom. The topological polar surface area (TPSA) is 55.1 Å². The maximum Gasteiger partial charge on any atom is 0.237 e. The van der Waals surface area contributed by atoms with Crippen LogP contribution in [0.2, 0.25) is 0 Å². The lowest BCUT2D eigenvalue weighted by atomic mass is 10.2. The lowest BCUT2D eigenvalue weighted by Crippen LogP contribution is -2.42. The molecule has 3 N–H and O–H groups in total. The number of hydrogen-bond donors (Lipinski definition) is 2. The zero-order valence-corrected chi connectivity index (χ0v) is 6.55. The van der Waals surface area contributed by atoms with E-state index in [1.54, 1.807) is 6.08 Å². The average molecular weight is 154 g/mol. The normalized spacial score (nSPS) is 19.0. The SMILES string of the molecule is C=CCNC(=O)C(N)C1CC1. The Kier molecular flexibility index (Phi) is 2.65. The van der Waals surface area contributed by atoms with Crippen molar-refractivity contribution in [3.63, 3.8) is 0 Å². The molecule has 0 radical (unpaired) electrons. The van der Waals surface area contributed by atoms with Crippen molar-refractivity contribution in [3.05, 3.63) is 12.7 Å². The molecule has 1 fully saturated rings. The highest BCUT2D eigenvalue weighted by Gasteiger charge is 2.32. The van der Waals surface area contributed by atoms with Gasteiger partial charge in [0.15, 0.2) is 0 Å². The third kappa shape index (κ3) is 2.35. The monoisotopic (exact) mass is 154 g/mol. The third-order valence-corrected chi connectivity index (χ3v) is 1.85. The first-order valence-corrected chi connectivity index (χ1v) is 3.90. The minimum Gasteiger partial charge on any atom is -0.351 e. The summed E-state index contributed by atoms with van der Waals surface area (Å²) in [6.07, 6.45) is 3.85. The number of nitrogens with one attached hydrogen (secondary N) is 1. The van der Waals surface area contributed by atoms with Gasteiger partial charge in [-0.25, -0.2) is 0 Å². The van der Waals surface area contributed by atoms with Gasteiger partial charge in [-0.2, -0.15) is 0 Å². The molecule has 0 aliphatic heterocycles. The highest BCUT2D eigenvalue weighted by atomic mass is 16.2. The van der Waals surface area contributed by atoms with E-state index in [9.17, 15) is 4.79 Å². The first kappa shape index (κ1) is 8.27. The van der Waals surface area contributed by atoms with Crippen molar-refractivity contribution in [2.75, 3.05) is 6.54 Å². The molecule has 0 heterocycles. The van der Waals surface area contributed by atoms with E-state index in [4.69, 9.17) is 5.73 Å². The first-order chi connectivity index (χ1) is 5.25. The summed E-state index contributed by atoms with van der Waals surface area (Å²) in [7, 11) is 0. The number of rotatable bonds is 4. The van der Waals surface area contributed by atoms with Crippen LogP contribution in [0.3, 0.4) is 0 Å². The fourth-order valence-electron chi connectivity index (χ4n) is 0.960. The zero-order valence-electron chi connectivity index (χ0n) is 6.55. The molecule has 0 spiro atoms. The number of hydrogen-bond acceptors (Lipinski definition) is 2. The van der Waals surface area contributed by atoms with E-state index in [1.165, 1.54) is 0 Å². The van der Waals surface area contributed by atoms with Crippen molar-refractivity contribution in [2.45, 2.75) is 18.9 Å². The van der Waals surface area contributed by atoms with E-state index in [1.807, 2.05) is 0 Å². The Morgan fingerprint density at radius 1 is 1.82 bits per heavy atom. The van der Waals surface area contributed by atoms with Gasteiger partial charge in [0.1, 0.15) is 0 Å². The Morgan fingerprint density at radius 2 is 2.45 bits per heavy atom. The van der Waals surface area contributed by atoms with Crippen molar-refractivity contribution >= 4 is 5.91 Å². The summed E-state index contributed by atoms with van der Waals surface area (Å²) in [6, 6.07) is -0.296. The van der Waals surface area contributed by atoms with Crippen LogP contribution >= 0.6 is 0 Å². The molecule has 1 unspecified atom stereocenters. The Bertz CT molecular complexity index is 163. The van der Waals surface area contributed by atoms with Crippen molar-refractivity contribution in [1.82, 2.24) is 5.32 Å². The van der Waals surface area contributed by atoms with Crippen molar-refractivity contribution in [3.8, 4) is 0 Å². The van der Waals surface area contributed by atoms with Crippen LogP contribution in [-0.2, 0) is 4.79 Å². The minimum atomic E-state index is -0.296. The molecule has 3 nitrogen and oxygen atoms in total. The molecule has 1 aliphatic carbocycles. The molecule has 62 valence electrons. The molecule has 1 aliphatic rings. The largest absolute Gasteiger partial charge is 0.351 e. The van der Waals surface area contributed by atoms with Gasteiger partial charge in [-0.15, -0.1) is 6.58 Å². The maximum absolute atomic E-state index is 11.1. The molecule has 0 saturated heterocycles. The molecule has 1 saturated carbocycles. The fraction of sp³-hybridized carbons (Fsp3) is 0.625. The van der Waals surface area contributed by atoms with Crippen molar-refractivity contribution in [1.29, 1.82) is 0 Å². The van der Waals surface area contributed by atoms with Gasteiger partial charge in [0.25, 0.3) is 0 Å². The molecule has 0 aromatic carbocycles. The van der Waals surface area contributed by atoms with E-state index in [2.05, 4.69) is 11.9 Å². The molecule has 0 aromatic rings. The smallest absolute Gasteiger partial charge is 0.237 e. The summed E-state index contributed by atoms with van der Waals surface area (Å²) in [5, 5.41) is 2.67. The zero-order chi connectivity index (χ0) is 8.27. The van der Waals surface area contributed by atoms with Crippen LogP contribution in [0.1, 0.15) is 12.8 Å². The van der Waals surface area contributed by atoms with E-state index < -0.39 is 0 Å². The summed E-state index contributed by atoms with van der Waals surface area (Å²) in [5.74, 6) is 0.382. The summed E-state index contributed by atoms with van der Waals surface area (Å²) in [4.78, 5) is 11.1.